The van der Waals surface area contributed by atoms with Gasteiger partial charge in [0.15, 0.2) is 0 Å². The topological polar surface area (TPSA) is 70.1 Å². The molecule has 7 heteroatoms. The number of ketones is 1. The first-order chi connectivity index (χ1) is 15.9. The summed E-state index contributed by atoms with van der Waals surface area (Å²) in [6.07, 6.45) is 0.858. The molecule has 1 unspecified atom stereocenters. The molecule has 3 rings (SSSR count). The van der Waals surface area contributed by atoms with Gasteiger partial charge in [-0.2, -0.15) is 0 Å². The Morgan fingerprint density at radius 2 is 1.82 bits per heavy atom. The highest BCUT2D eigenvalue weighted by atomic mass is 79.9. The Kier molecular flexibility index (Phi) is 8.69. The SMILES string of the molecule is CCCOc1cccc(C(O)=C2C(=O)C(=O)N(CCN(CC)CC)C2c2cccc(Br)c2)c1. The van der Waals surface area contributed by atoms with Crippen LogP contribution in [0, 0.1) is 0 Å². The fourth-order valence-corrected chi connectivity index (χ4v) is 4.45. The summed E-state index contributed by atoms with van der Waals surface area (Å²) in [5, 5.41) is 11.2. The molecule has 1 amide bonds. The number of benzene rings is 2. The number of aliphatic hydroxyl groups excluding tert-OH is 1. The lowest BCUT2D eigenvalue weighted by Gasteiger charge is -2.28. The zero-order valence-corrected chi connectivity index (χ0v) is 21.0. The average Bonchev–Trinajstić information content (AvgIpc) is 3.08. The van der Waals surface area contributed by atoms with E-state index < -0.39 is 17.7 Å². The van der Waals surface area contributed by atoms with Crippen molar-refractivity contribution in [3.8, 4) is 5.75 Å². The van der Waals surface area contributed by atoms with Gasteiger partial charge in [-0.3, -0.25) is 9.59 Å². The van der Waals surface area contributed by atoms with E-state index in [2.05, 4.69) is 34.7 Å². The van der Waals surface area contributed by atoms with Crippen molar-refractivity contribution >= 4 is 33.4 Å². The maximum Gasteiger partial charge on any atom is 0.295 e. The molecule has 0 spiro atoms. The minimum Gasteiger partial charge on any atom is -0.507 e. The summed E-state index contributed by atoms with van der Waals surface area (Å²) in [5.74, 6) is -0.842. The Balaban J connectivity index is 2.07. The number of hydrogen-bond donors (Lipinski definition) is 1. The number of nitrogens with zero attached hydrogens (tertiary/aromatic N) is 2. The molecule has 33 heavy (non-hydrogen) atoms. The van der Waals surface area contributed by atoms with Gasteiger partial charge in [-0.15, -0.1) is 0 Å². The van der Waals surface area contributed by atoms with Crippen molar-refractivity contribution in [2.24, 2.45) is 0 Å². The molecule has 0 saturated carbocycles. The van der Waals surface area contributed by atoms with E-state index in [4.69, 9.17) is 4.74 Å². The van der Waals surface area contributed by atoms with Crippen LogP contribution in [-0.2, 0) is 9.59 Å². The monoisotopic (exact) mass is 514 g/mol. The van der Waals surface area contributed by atoms with Crippen molar-refractivity contribution < 1.29 is 19.4 Å². The fourth-order valence-electron chi connectivity index (χ4n) is 4.03. The number of rotatable bonds is 10. The standard InChI is InChI=1S/C26H31BrN2O4/c1-4-15-33-21-12-8-10-19(17-21)24(30)22-23(18-9-7-11-20(27)16-18)29(26(32)25(22)31)14-13-28(5-2)6-3/h7-12,16-17,23,30H,4-6,13-15H2,1-3H3. The van der Waals surface area contributed by atoms with E-state index >= 15 is 0 Å². The van der Waals surface area contributed by atoms with Crippen molar-refractivity contribution in [3.63, 3.8) is 0 Å². The number of Topliss-reactive ketones (excluding diaryl/α,β-unsaturated/α-hetero) is 1. The zero-order chi connectivity index (χ0) is 24.0. The first-order valence-corrected chi connectivity index (χ1v) is 12.2. The molecule has 1 fully saturated rings. The van der Waals surface area contributed by atoms with E-state index in [0.717, 1.165) is 29.5 Å². The number of likely N-dealkylation sites (N-methyl/N-ethyl adjacent to an activating group) is 1. The molecule has 176 valence electrons. The number of hydrogen-bond acceptors (Lipinski definition) is 5. The van der Waals surface area contributed by atoms with E-state index in [1.807, 2.05) is 31.2 Å². The zero-order valence-electron chi connectivity index (χ0n) is 19.4. The van der Waals surface area contributed by atoms with E-state index in [-0.39, 0.29) is 11.3 Å². The second-order valence-electron chi connectivity index (χ2n) is 7.95. The second kappa shape index (κ2) is 11.5. The number of likely N-dealkylation sites (tertiary alicyclic amines) is 1. The van der Waals surface area contributed by atoms with Crippen LogP contribution in [0.2, 0.25) is 0 Å². The highest BCUT2D eigenvalue weighted by Gasteiger charge is 2.46. The minimum atomic E-state index is -0.670. The molecule has 6 nitrogen and oxygen atoms in total. The lowest BCUT2D eigenvalue weighted by Crippen LogP contribution is -2.38. The molecule has 1 aliphatic heterocycles. The minimum absolute atomic E-state index is 0.102. The maximum absolute atomic E-state index is 13.2. The Morgan fingerprint density at radius 3 is 2.48 bits per heavy atom. The highest BCUT2D eigenvalue weighted by molar-refractivity contribution is 9.10. The smallest absolute Gasteiger partial charge is 0.295 e. The molecule has 1 N–H and O–H groups in total. The van der Waals surface area contributed by atoms with Crippen LogP contribution >= 0.6 is 15.9 Å². The molecular weight excluding hydrogens is 484 g/mol. The lowest BCUT2D eigenvalue weighted by molar-refractivity contribution is -0.140. The van der Waals surface area contributed by atoms with Crippen molar-refractivity contribution in [1.82, 2.24) is 9.80 Å². The summed E-state index contributed by atoms with van der Waals surface area (Å²) < 4.78 is 6.52. The summed E-state index contributed by atoms with van der Waals surface area (Å²) >= 11 is 3.49. The van der Waals surface area contributed by atoms with Gasteiger partial charge in [-0.05, 0) is 49.3 Å². The molecule has 2 aromatic rings. The third-order valence-corrected chi connectivity index (χ3v) is 6.33. The first kappa shape index (κ1) is 25.0. The Morgan fingerprint density at radius 1 is 1.09 bits per heavy atom. The molecule has 2 aromatic carbocycles. The van der Waals surface area contributed by atoms with Crippen LogP contribution in [0.15, 0.2) is 58.6 Å². The van der Waals surface area contributed by atoms with Crippen molar-refractivity contribution in [2.75, 3.05) is 32.8 Å². The van der Waals surface area contributed by atoms with Crippen LogP contribution in [0.5, 0.6) is 5.75 Å². The Labute approximate surface area is 204 Å². The van der Waals surface area contributed by atoms with Gasteiger partial charge in [0.1, 0.15) is 11.5 Å². The van der Waals surface area contributed by atoms with Crippen LogP contribution in [0.4, 0.5) is 0 Å². The number of carbonyl (C=O) groups excluding carboxylic acids is 2. The summed E-state index contributed by atoms with van der Waals surface area (Å²) in [4.78, 5) is 30.0. The van der Waals surface area contributed by atoms with Crippen LogP contribution in [0.3, 0.4) is 0 Å². The number of carbonyl (C=O) groups is 2. The molecule has 1 heterocycles. The lowest BCUT2D eigenvalue weighted by atomic mass is 9.95. The largest absolute Gasteiger partial charge is 0.507 e. The van der Waals surface area contributed by atoms with Crippen LogP contribution in [0.1, 0.15) is 44.4 Å². The van der Waals surface area contributed by atoms with Gasteiger partial charge < -0.3 is 19.6 Å². The third-order valence-electron chi connectivity index (χ3n) is 5.84. The number of amides is 1. The van der Waals surface area contributed by atoms with Crippen molar-refractivity contribution in [3.05, 3.63) is 69.7 Å². The molecule has 0 aliphatic carbocycles. The molecule has 1 saturated heterocycles. The fraction of sp³-hybridized carbons (Fsp3) is 0.385. The number of aliphatic hydroxyl groups is 1. The van der Waals surface area contributed by atoms with Gasteiger partial charge in [0.25, 0.3) is 11.7 Å². The van der Waals surface area contributed by atoms with Crippen LogP contribution < -0.4 is 4.74 Å². The highest BCUT2D eigenvalue weighted by Crippen LogP contribution is 2.40. The van der Waals surface area contributed by atoms with Gasteiger partial charge in [-0.25, -0.2) is 0 Å². The predicted molar refractivity (Wildman–Crippen MR) is 133 cm³/mol. The quantitative estimate of drug-likeness (QED) is 0.274. The van der Waals surface area contributed by atoms with Crippen LogP contribution in [-0.4, -0.2) is 59.4 Å². The van der Waals surface area contributed by atoms with Gasteiger partial charge in [0.2, 0.25) is 0 Å². The van der Waals surface area contributed by atoms with E-state index in [1.54, 1.807) is 29.2 Å². The molecule has 0 aromatic heterocycles. The predicted octanol–water partition coefficient (Wildman–Crippen LogP) is 5.00. The molecular formula is C26H31BrN2O4. The van der Waals surface area contributed by atoms with Gasteiger partial charge in [0, 0.05) is 23.1 Å². The van der Waals surface area contributed by atoms with Crippen molar-refractivity contribution in [1.29, 1.82) is 0 Å². The van der Waals surface area contributed by atoms with Crippen molar-refractivity contribution in [2.45, 2.75) is 33.2 Å². The van der Waals surface area contributed by atoms with Crippen LogP contribution in [0.25, 0.3) is 5.76 Å². The van der Waals surface area contributed by atoms with E-state index in [0.29, 0.717) is 31.0 Å². The van der Waals surface area contributed by atoms with Gasteiger partial charge in [-0.1, -0.05) is 61.0 Å². The average molecular weight is 515 g/mol. The summed E-state index contributed by atoms with van der Waals surface area (Å²) in [7, 11) is 0. The summed E-state index contributed by atoms with van der Waals surface area (Å²) in [6.45, 7) is 9.44. The summed E-state index contributed by atoms with van der Waals surface area (Å²) in [5.41, 5.74) is 1.32. The van der Waals surface area contributed by atoms with E-state index in [1.165, 1.54) is 0 Å². The molecule has 1 aliphatic rings. The third kappa shape index (κ3) is 5.65. The number of halogens is 1. The molecule has 0 radical (unpaired) electrons. The maximum atomic E-state index is 13.2. The van der Waals surface area contributed by atoms with Gasteiger partial charge in [0.05, 0.1) is 18.2 Å². The molecule has 0 bridgehead atoms. The first-order valence-electron chi connectivity index (χ1n) is 11.4. The Bertz CT molecular complexity index is 1030. The normalized spacial score (nSPS) is 17.7. The number of ether oxygens (including phenoxy) is 1. The molecule has 1 atom stereocenters. The summed E-state index contributed by atoms with van der Waals surface area (Å²) in [6, 6.07) is 13.8. The van der Waals surface area contributed by atoms with Gasteiger partial charge >= 0.3 is 0 Å². The second-order valence-corrected chi connectivity index (χ2v) is 8.87. The Hall–Kier alpha value is -2.64. The van der Waals surface area contributed by atoms with E-state index in [9.17, 15) is 14.7 Å².